The van der Waals surface area contributed by atoms with Crippen LogP contribution in [-0.2, 0) is 16.8 Å². The quantitative estimate of drug-likeness (QED) is 0.423. The van der Waals surface area contributed by atoms with Gasteiger partial charge in [-0.3, -0.25) is 4.79 Å². The lowest BCUT2D eigenvalue weighted by Gasteiger charge is -2.24. The summed E-state index contributed by atoms with van der Waals surface area (Å²) in [4.78, 5) is 19.8. The van der Waals surface area contributed by atoms with Gasteiger partial charge in [0.25, 0.3) is 0 Å². The third-order valence-electron chi connectivity index (χ3n) is 5.59. The zero-order valence-corrected chi connectivity index (χ0v) is 19.2. The number of hydrogen-bond donors (Lipinski definition) is 2. The minimum atomic E-state index is -0.982. The lowest BCUT2D eigenvalue weighted by molar-refractivity contribution is -0.138. The Balaban J connectivity index is 1.62. The highest BCUT2D eigenvalue weighted by Gasteiger charge is 2.28. The molecule has 0 radical (unpaired) electrons. The maximum Gasteiger partial charge on any atom is 0.304 e. The molecule has 3 N–H and O–H groups in total. The van der Waals surface area contributed by atoms with Crippen LogP contribution in [0.5, 0.6) is 0 Å². The van der Waals surface area contributed by atoms with E-state index >= 15 is 4.39 Å². The SMILES string of the molecule is Cc1cccc(-c2cc(-c3cn(Cc4cccc(C(C)(C)CC(=O)O)c4F)nn3)nc(N)n2)c1. The number of halogens is 1. The number of aliphatic carboxylic acids is 1. The van der Waals surface area contributed by atoms with Gasteiger partial charge < -0.3 is 10.8 Å². The van der Waals surface area contributed by atoms with E-state index in [1.54, 1.807) is 44.3 Å². The Morgan fingerprint density at radius 3 is 2.56 bits per heavy atom. The van der Waals surface area contributed by atoms with Crippen LogP contribution in [0.15, 0.2) is 54.7 Å². The first-order chi connectivity index (χ1) is 16.1. The van der Waals surface area contributed by atoms with Crippen molar-refractivity contribution in [1.29, 1.82) is 0 Å². The Labute approximate surface area is 196 Å². The van der Waals surface area contributed by atoms with Crippen LogP contribution in [0.4, 0.5) is 10.3 Å². The summed E-state index contributed by atoms with van der Waals surface area (Å²) < 4.78 is 16.8. The number of nitrogens with zero attached hydrogens (tertiary/aromatic N) is 5. The minimum Gasteiger partial charge on any atom is -0.481 e. The molecule has 34 heavy (non-hydrogen) atoms. The smallest absolute Gasteiger partial charge is 0.304 e. The number of hydrogen-bond acceptors (Lipinski definition) is 6. The van der Waals surface area contributed by atoms with Crippen LogP contribution in [0.3, 0.4) is 0 Å². The zero-order valence-electron chi connectivity index (χ0n) is 19.2. The molecule has 0 saturated heterocycles. The molecule has 9 heteroatoms. The third-order valence-corrected chi connectivity index (χ3v) is 5.59. The molecule has 0 spiro atoms. The first kappa shape index (κ1) is 23.0. The Kier molecular flexibility index (Phi) is 6.10. The van der Waals surface area contributed by atoms with Crippen LogP contribution in [-0.4, -0.2) is 36.0 Å². The molecule has 8 nitrogen and oxygen atoms in total. The van der Waals surface area contributed by atoms with Gasteiger partial charge in [-0.25, -0.2) is 19.0 Å². The summed E-state index contributed by atoms with van der Waals surface area (Å²) in [6.07, 6.45) is 1.48. The molecular formula is C25H25FN6O2. The average Bonchev–Trinajstić information content (AvgIpc) is 3.22. The summed E-state index contributed by atoms with van der Waals surface area (Å²) in [5.41, 5.74) is 9.47. The number of aryl methyl sites for hydroxylation is 1. The van der Waals surface area contributed by atoms with Crippen molar-refractivity contribution in [3.8, 4) is 22.6 Å². The maximum atomic E-state index is 15.3. The Morgan fingerprint density at radius 1 is 1.09 bits per heavy atom. The molecule has 0 aliphatic rings. The fraction of sp³-hybridized carbons (Fsp3) is 0.240. The number of carboxylic acid groups (broad SMARTS) is 1. The van der Waals surface area contributed by atoms with Crippen molar-refractivity contribution in [3.63, 3.8) is 0 Å². The van der Waals surface area contributed by atoms with Crippen LogP contribution in [0.25, 0.3) is 22.6 Å². The predicted molar refractivity (Wildman–Crippen MR) is 126 cm³/mol. The number of nitrogens with two attached hydrogens (primary N) is 1. The summed E-state index contributed by atoms with van der Waals surface area (Å²) in [7, 11) is 0. The monoisotopic (exact) mass is 460 g/mol. The summed E-state index contributed by atoms with van der Waals surface area (Å²) in [6, 6.07) is 14.7. The molecule has 0 aliphatic heterocycles. The van der Waals surface area contributed by atoms with E-state index < -0.39 is 17.2 Å². The number of carbonyl (C=O) groups is 1. The van der Waals surface area contributed by atoms with Crippen LogP contribution in [0, 0.1) is 12.7 Å². The normalized spacial score (nSPS) is 11.5. The van der Waals surface area contributed by atoms with E-state index in [-0.39, 0.29) is 18.9 Å². The van der Waals surface area contributed by atoms with E-state index in [2.05, 4.69) is 20.3 Å². The number of benzene rings is 2. The lowest BCUT2D eigenvalue weighted by Crippen LogP contribution is -2.24. The second kappa shape index (κ2) is 9.01. The van der Waals surface area contributed by atoms with Gasteiger partial charge in [0.2, 0.25) is 5.95 Å². The molecule has 0 unspecified atom stereocenters. The average molecular weight is 461 g/mol. The molecule has 0 aliphatic carbocycles. The van der Waals surface area contributed by atoms with Gasteiger partial charge in [0.1, 0.15) is 11.5 Å². The van der Waals surface area contributed by atoms with E-state index in [9.17, 15) is 9.90 Å². The Bertz CT molecular complexity index is 1370. The van der Waals surface area contributed by atoms with E-state index in [0.717, 1.165) is 11.1 Å². The van der Waals surface area contributed by atoms with Crippen molar-refractivity contribution in [1.82, 2.24) is 25.0 Å². The number of carboxylic acids is 1. The largest absolute Gasteiger partial charge is 0.481 e. The molecule has 0 bridgehead atoms. The van der Waals surface area contributed by atoms with Crippen molar-refractivity contribution >= 4 is 11.9 Å². The lowest BCUT2D eigenvalue weighted by atomic mass is 9.80. The maximum absolute atomic E-state index is 15.3. The second-order valence-electron chi connectivity index (χ2n) is 8.90. The van der Waals surface area contributed by atoms with Crippen LogP contribution in [0.1, 0.15) is 37.0 Å². The number of nitrogen functional groups attached to an aromatic ring is 1. The molecule has 0 fully saturated rings. The van der Waals surface area contributed by atoms with Gasteiger partial charge in [0.05, 0.1) is 30.6 Å². The van der Waals surface area contributed by atoms with Crippen molar-refractivity contribution in [2.75, 3.05) is 5.73 Å². The molecule has 2 heterocycles. The second-order valence-corrected chi connectivity index (χ2v) is 8.90. The van der Waals surface area contributed by atoms with Crippen LogP contribution in [0.2, 0.25) is 0 Å². The van der Waals surface area contributed by atoms with Crippen LogP contribution < -0.4 is 5.73 Å². The third kappa shape index (κ3) is 4.93. The van der Waals surface area contributed by atoms with Gasteiger partial charge in [0, 0.05) is 16.5 Å². The van der Waals surface area contributed by atoms with Gasteiger partial charge in [-0.2, -0.15) is 0 Å². The highest BCUT2D eigenvalue weighted by molar-refractivity contribution is 5.69. The molecule has 174 valence electrons. The van der Waals surface area contributed by atoms with E-state index in [0.29, 0.717) is 28.2 Å². The van der Waals surface area contributed by atoms with Gasteiger partial charge in [-0.15, -0.1) is 5.10 Å². The van der Waals surface area contributed by atoms with E-state index in [4.69, 9.17) is 5.73 Å². The van der Waals surface area contributed by atoms with Gasteiger partial charge in [-0.1, -0.05) is 61.0 Å². The fourth-order valence-electron chi connectivity index (χ4n) is 3.91. The standard InChI is InChI=1S/C25H25FN6O2/c1-15-6-4-7-16(10-15)19-11-20(29-24(27)28-19)21-14-32(31-30-21)13-17-8-5-9-18(23(17)26)25(2,3)12-22(33)34/h4-11,14H,12-13H2,1-3H3,(H,33,34)(H2,27,28,29). The molecular weight excluding hydrogens is 435 g/mol. The number of aromatic nitrogens is 5. The van der Waals surface area contributed by atoms with Crippen LogP contribution >= 0.6 is 0 Å². The van der Waals surface area contributed by atoms with Crippen molar-refractivity contribution < 1.29 is 14.3 Å². The molecule has 0 atom stereocenters. The number of anilines is 1. The number of rotatable bonds is 7. The van der Waals surface area contributed by atoms with Gasteiger partial charge >= 0.3 is 5.97 Å². The molecule has 2 aromatic heterocycles. The molecule has 0 saturated carbocycles. The predicted octanol–water partition coefficient (Wildman–Crippen LogP) is 4.23. The highest BCUT2D eigenvalue weighted by Crippen LogP contribution is 2.31. The van der Waals surface area contributed by atoms with Gasteiger partial charge in [-0.05, 0) is 24.6 Å². The first-order valence-corrected chi connectivity index (χ1v) is 10.7. The molecule has 4 aromatic rings. The fourth-order valence-corrected chi connectivity index (χ4v) is 3.91. The molecule has 0 amide bonds. The zero-order chi connectivity index (χ0) is 24.5. The van der Waals surface area contributed by atoms with Crippen molar-refractivity contribution in [2.45, 2.75) is 39.2 Å². The van der Waals surface area contributed by atoms with E-state index in [1.807, 2.05) is 31.2 Å². The summed E-state index contributed by atoms with van der Waals surface area (Å²) in [6.45, 7) is 5.54. The van der Waals surface area contributed by atoms with Crippen molar-refractivity contribution in [3.05, 3.63) is 77.2 Å². The summed E-state index contributed by atoms with van der Waals surface area (Å²) >= 11 is 0. The van der Waals surface area contributed by atoms with E-state index in [1.165, 1.54) is 4.68 Å². The summed E-state index contributed by atoms with van der Waals surface area (Å²) in [5.74, 6) is -1.31. The first-order valence-electron chi connectivity index (χ1n) is 10.7. The van der Waals surface area contributed by atoms with Gasteiger partial charge in [0.15, 0.2) is 0 Å². The highest BCUT2D eigenvalue weighted by atomic mass is 19.1. The molecule has 4 rings (SSSR count). The Hall–Kier alpha value is -4.14. The topological polar surface area (TPSA) is 120 Å². The van der Waals surface area contributed by atoms with Crippen molar-refractivity contribution in [2.24, 2.45) is 0 Å². The Morgan fingerprint density at radius 2 is 1.82 bits per heavy atom. The summed E-state index contributed by atoms with van der Waals surface area (Å²) in [5, 5.41) is 17.5. The minimum absolute atomic E-state index is 0.114. The molecule has 2 aromatic carbocycles.